The van der Waals surface area contributed by atoms with Crippen molar-refractivity contribution in [3.8, 4) is 17.3 Å². The van der Waals surface area contributed by atoms with Crippen molar-refractivity contribution in [2.24, 2.45) is 0 Å². The molecule has 0 radical (unpaired) electrons. The number of pyridine rings is 1. The van der Waals surface area contributed by atoms with E-state index in [0.717, 1.165) is 19.3 Å². The molecule has 0 saturated carbocycles. The van der Waals surface area contributed by atoms with Gasteiger partial charge in [0.15, 0.2) is 0 Å². The van der Waals surface area contributed by atoms with E-state index in [0.29, 0.717) is 17.9 Å². The maximum Gasteiger partial charge on any atom is 0.306 e. The molecule has 0 aliphatic carbocycles. The van der Waals surface area contributed by atoms with Gasteiger partial charge in [-0.3, -0.25) is 10.1 Å². The molecule has 3 heterocycles. The van der Waals surface area contributed by atoms with Crippen LogP contribution in [0.3, 0.4) is 0 Å². The van der Waals surface area contributed by atoms with E-state index in [1.165, 1.54) is 12.3 Å². The minimum Gasteiger partial charge on any atom is -0.357 e. The number of aromatic nitrogens is 3. The predicted octanol–water partition coefficient (Wildman–Crippen LogP) is 2.42. The van der Waals surface area contributed by atoms with Crippen LogP contribution in [0.5, 0.6) is 0 Å². The first kappa shape index (κ1) is 14.2. The maximum atomic E-state index is 11.0. The molecule has 112 valence electrons. The van der Waals surface area contributed by atoms with Crippen LogP contribution < -0.4 is 0 Å². The number of ether oxygens (including phenoxy) is 1. The van der Waals surface area contributed by atoms with Gasteiger partial charge in [-0.15, -0.1) is 0 Å². The van der Waals surface area contributed by atoms with Crippen molar-refractivity contribution in [2.45, 2.75) is 25.5 Å². The zero-order valence-electron chi connectivity index (χ0n) is 11.7. The summed E-state index contributed by atoms with van der Waals surface area (Å²) >= 11 is 0. The lowest BCUT2D eigenvalue weighted by Gasteiger charge is -2.22. The molecule has 1 aliphatic heterocycles. The van der Waals surface area contributed by atoms with Crippen LogP contribution in [0.4, 0.5) is 5.69 Å². The third-order valence-corrected chi connectivity index (χ3v) is 3.52. The molecular weight excluding hydrogens is 286 g/mol. The summed E-state index contributed by atoms with van der Waals surface area (Å²) in [6.07, 6.45) is 6.14. The summed E-state index contributed by atoms with van der Waals surface area (Å²) in [5, 5.41) is 24.2. The van der Waals surface area contributed by atoms with E-state index in [1.807, 2.05) is 0 Å². The van der Waals surface area contributed by atoms with Gasteiger partial charge < -0.3 is 4.74 Å². The summed E-state index contributed by atoms with van der Waals surface area (Å²) in [4.78, 5) is 14.2. The van der Waals surface area contributed by atoms with Crippen LogP contribution in [0.25, 0.3) is 11.3 Å². The Kier molecular flexibility index (Phi) is 3.80. The number of nitro groups is 1. The summed E-state index contributed by atoms with van der Waals surface area (Å²) < 4.78 is 7.37. The largest absolute Gasteiger partial charge is 0.357 e. The molecule has 1 atom stereocenters. The lowest BCUT2D eigenvalue weighted by Crippen LogP contribution is -2.18. The van der Waals surface area contributed by atoms with Gasteiger partial charge >= 0.3 is 5.69 Å². The monoisotopic (exact) mass is 299 g/mol. The molecular formula is C14H13N5O3. The van der Waals surface area contributed by atoms with Gasteiger partial charge in [0.05, 0.1) is 10.6 Å². The highest BCUT2D eigenvalue weighted by molar-refractivity contribution is 5.63. The predicted molar refractivity (Wildman–Crippen MR) is 75.7 cm³/mol. The third-order valence-electron chi connectivity index (χ3n) is 3.52. The average Bonchev–Trinajstić information content (AvgIpc) is 3.05. The van der Waals surface area contributed by atoms with Crippen LogP contribution in [0.15, 0.2) is 24.5 Å². The summed E-state index contributed by atoms with van der Waals surface area (Å²) in [6, 6.07) is 4.79. The molecule has 1 saturated heterocycles. The molecule has 8 heteroatoms. The Morgan fingerprint density at radius 2 is 2.36 bits per heavy atom. The third kappa shape index (κ3) is 2.66. The van der Waals surface area contributed by atoms with Crippen LogP contribution in [0, 0.1) is 21.4 Å². The highest BCUT2D eigenvalue weighted by Crippen LogP contribution is 2.26. The van der Waals surface area contributed by atoms with Crippen molar-refractivity contribution in [2.75, 3.05) is 6.61 Å². The highest BCUT2D eigenvalue weighted by Gasteiger charge is 2.20. The SMILES string of the molecule is N#Cc1ncc(-c2ccn(C3CCCCO3)n2)cc1[N+](=O)[O-]. The van der Waals surface area contributed by atoms with Crippen molar-refractivity contribution < 1.29 is 9.66 Å². The molecule has 22 heavy (non-hydrogen) atoms. The van der Waals surface area contributed by atoms with Crippen LogP contribution in [0.1, 0.15) is 31.2 Å². The average molecular weight is 299 g/mol. The second-order valence-corrected chi connectivity index (χ2v) is 4.96. The van der Waals surface area contributed by atoms with Gasteiger partial charge in [-0.25, -0.2) is 9.67 Å². The fourth-order valence-corrected chi connectivity index (χ4v) is 2.40. The van der Waals surface area contributed by atoms with Gasteiger partial charge in [0.25, 0.3) is 0 Å². The standard InChI is InChI=1S/C14H13N5O3/c15-8-12-13(19(20)21)7-10(9-16-12)11-4-5-18(17-11)14-3-1-2-6-22-14/h4-5,7,9,14H,1-3,6H2. The number of nitrogens with zero attached hydrogens (tertiary/aromatic N) is 5. The van der Waals surface area contributed by atoms with Gasteiger partial charge in [0.1, 0.15) is 12.3 Å². The molecule has 2 aromatic heterocycles. The lowest BCUT2D eigenvalue weighted by molar-refractivity contribution is -0.385. The van der Waals surface area contributed by atoms with Gasteiger partial charge in [-0.1, -0.05) is 0 Å². The zero-order valence-corrected chi connectivity index (χ0v) is 11.7. The molecule has 2 aromatic rings. The molecule has 3 rings (SSSR count). The molecule has 1 unspecified atom stereocenters. The zero-order chi connectivity index (χ0) is 15.5. The molecule has 0 N–H and O–H groups in total. The lowest BCUT2D eigenvalue weighted by atomic mass is 10.2. The minimum absolute atomic E-state index is 0.0937. The summed E-state index contributed by atoms with van der Waals surface area (Å²) in [5.74, 6) is 0. The van der Waals surface area contributed by atoms with Crippen LogP contribution >= 0.6 is 0 Å². The molecule has 0 bridgehead atoms. The highest BCUT2D eigenvalue weighted by atomic mass is 16.6. The van der Waals surface area contributed by atoms with E-state index in [-0.39, 0.29) is 17.6 Å². The van der Waals surface area contributed by atoms with Gasteiger partial charge in [-0.2, -0.15) is 10.4 Å². The van der Waals surface area contributed by atoms with Crippen molar-refractivity contribution in [3.05, 3.63) is 40.3 Å². The topological polar surface area (TPSA) is 107 Å². The second-order valence-electron chi connectivity index (χ2n) is 4.96. The smallest absolute Gasteiger partial charge is 0.306 e. The first-order chi connectivity index (χ1) is 10.7. The van der Waals surface area contributed by atoms with E-state index >= 15 is 0 Å². The first-order valence-electron chi connectivity index (χ1n) is 6.90. The fraction of sp³-hybridized carbons (Fsp3) is 0.357. The molecule has 8 nitrogen and oxygen atoms in total. The van der Waals surface area contributed by atoms with Crippen molar-refractivity contribution >= 4 is 5.69 Å². The second kappa shape index (κ2) is 5.91. The summed E-state index contributed by atoms with van der Waals surface area (Å²) in [6.45, 7) is 0.712. The van der Waals surface area contributed by atoms with E-state index in [1.54, 1.807) is 23.0 Å². The van der Waals surface area contributed by atoms with E-state index in [9.17, 15) is 10.1 Å². The Morgan fingerprint density at radius 3 is 3.05 bits per heavy atom. The number of hydrogen-bond acceptors (Lipinski definition) is 6. The molecule has 0 spiro atoms. The van der Waals surface area contributed by atoms with Crippen molar-refractivity contribution in [3.63, 3.8) is 0 Å². The number of rotatable bonds is 3. The normalized spacial score (nSPS) is 17.9. The maximum absolute atomic E-state index is 11.0. The van der Waals surface area contributed by atoms with E-state index in [4.69, 9.17) is 10.00 Å². The molecule has 0 amide bonds. The molecule has 1 aliphatic rings. The molecule has 1 fully saturated rings. The number of nitriles is 1. The first-order valence-corrected chi connectivity index (χ1v) is 6.90. The van der Waals surface area contributed by atoms with Crippen molar-refractivity contribution in [1.29, 1.82) is 5.26 Å². The van der Waals surface area contributed by atoms with Gasteiger partial charge in [-0.05, 0) is 25.3 Å². The quantitative estimate of drug-likeness (QED) is 0.636. The van der Waals surface area contributed by atoms with Crippen LogP contribution in [0.2, 0.25) is 0 Å². The number of hydrogen-bond donors (Lipinski definition) is 0. The minimum atomic E-state index is -0.615. The van der Waals surface area contributed by atoms with Crippen LogP contribution in [-0.2, 0) is 4.74 Å². The molecule has 0 aromatic carbocycles. The Hall–Kier alpha value is -2.79. The summed E-state index contributed by atoms with van der Waals surface area (Å²) in [5.41, 5.74) is 0.543. The van der Waals surface area contributed by atoms with Crippen LogP contribution in [-0.4, -0.2) is 26.3 Å². The Bertz CT molecular complexity index is 743. The fourth-order valence-electron chi connectivity index (χ4n) is 2.40. The summed E-state index contributed by atoms with van der Waals surface area (Å²) in [7, 11) is 0. The Balaban J connectivity index is 1.91. The van der Waals surface area contributed by atoms with Gasteiger partial charge in [0.2, 0.25) is 5.69 Å². The Labute approximate surface area is 126 Å². The van der Waals surface area contributed by atoms with E-state index < -0.39 is 4.92 Å². The van der Waals surface area contributed by atoms with Gasteiger partial charge in [0, 0.05) is 30.6 Å². The van der Waals surface area contributed by atoms with Crippen molar-refractivity contribution in [1.82, 2.24) is 14.8 Å². The van der Waals surface area contributed by atoms with E-state index in [2.05, 4.69) is 10.1 Å². The Morgan fingerprint density at radius 1 is 1.50 bits per heavy atom.